The van der Waals surface area contributed by atoms with Gasteiger partial charge in [-0.1, -0.05) is 23.7 Å². The Morgan fingerprint density at radius 1 is 1.25 bits per heavy atom. The number of benzene rings is 2. The van der Waals surface area contributed by atoms with Gasteiger partial charge in [-0.15, -0.1) is 0 Å². The van der Waals surface area contributed by atoms with Gasteiger partial charge in [-0.25, -0.2) is 9.18 Å². The number of hydrogen-bond donors (Lipinski definition) is 1. The van der Waals surface area contributed by atoms with Crippen LogP contribution in [0.4, 0.5) is 4.39 Å². The van der Waals surface area contributed by atoms with Gasteiger partial charge in [-0.3, -0.25) is 4.79 Å². The lowest BCUT2D eigenvalue weighted by molar-refractivity contribution is 0.0595. The Morgan fingerprint density at radius 3 is 2.71 bits per heavy atom. The molecule has 0 fully saturated rings. The molecule has 1 unspecified atom stereocenters. The highest BCUT2D eigenvalue weighted by Gasteiger charge is 2.28. The number of esters is 1. The van der Waals surface area contributed by atoms with E-state index >= 15 is 0 Å². The van der Waals surface area contributed by atoms with Gasteiger partial charge in [0.05, 0.1) is 29.3 Å². The number of amides is 1. The normalized spacial score (nSPS) is 15.7. The molecule has 0 bridgehead atoms. The van der Waals surface area contributed by atoms with Crippen molar-refractivity contribution in [1.82, 2.24) is 5.32 Å². The molecule has 1 aliphatic carbocycles. The van der Waals surface area contributed by atoms with E-state index in [9.17, 15) is 14.0 Å². The average molecular weight is 348 g/mol. The molecule has 2 aromatic carbocycles. The van der Waals surface area contributed by atoms with Gasteiger partial charge in [-0.2, -0.15) is 0 Å². The largest absolute Gasteiger partial charge is 0.465 e. The van der Waals surface area contributed by atoms with E-state index in [2.05, 4.69) is 10.1 Å². The molecule has 0 spiro atoms. The third-order valence-electron chi connectivity index (χ3n) is 4.14. The number of aryl methyl sites for hydroxylation is 1. The van der Waals surface area contributed by atoms with Crippen molar-refractivity contribution in [3.8, 4) is 0 Å². The molecule has 1 N–H and O–H groups in total. The topological polar surface area (TPSA) is 55.4 Å². The van der Waals surface area contributed by atoms with Crippen molar-refractivity contribution in [2.24, 2.45) is 0 Å². The number of carbonyl (C=O) groups excluding carboxylic acids is 2. The minimum absolute atomic E-state index is 0.129. The van der Waals surface area contributed by atoms with Gasteiger partial charge in [0, 0.05) is 0 Å². The second-order valence-corrected chi connectivity index (χ2v) is 5.97. The molecule has 0 heterocycles. The van der Waals surface area contributed by atoms with Gasteiger partial charge in [-0.05, 0) is 48.2 Å². The van der Waals surface area contributed by atoms with Gasteiger partial charge >= 0.3 is 5.97 Å². The maximum absolute atomic E-state index is 14.0. The maximum Gasteiger partial charge on any atom is 0.340 e. The molecule has 24 heavy (non-hydrogen) atoms. The summed E-state index contributed by atoms with van der Waals surface area (Å²) in [7, 11) is 1.20. The van der Waals surface area contributed by atoms with Crippen LogP contribution in [0.5, 0.6) is 0 Å². The van der Waals surface area contributed by atoms with Crippen molar-refractivity contribution in [3.63, 3.8) is 0 Å². The predicted octanol–water partition coefficient (Wildman–Crippen LogP) is 3.68. The molecule has 2 aromatic rings. The zero-order valence-corrected chi connectivity index (χ0v) is 13.7. The fraction of sp³-hybridized carbons (Fsp3) is 0.222. The highest BCUT2D eigenvalue weighted by atomic mass is 35.5. The molecule has 4 nitrogen and oxygen atoms in total. The Balaban J connectivity index is 1.88. The summed E-state index contributed by atoms with van der Waals surface area (Å²) in [6, 6.07) is 9.25. The van der Waals surface area contributed by atoms with Gasteiger partial charge in [0.25, 0.3) is 5.91 Å². The number of rotatable bonds is 3. The average Bonchev–Trinajstić information content (AvgIpc) is 2.95. The van der Waals surface area contributed by atoms with Crippen molar-refractivity contribution in [3.05, 3.63) is 69.5 Å². The molecule has 0 radical (unpaired) electrons. The molecule has 6 heteroatoms. The minimum Gasteiger partial charge on any atom is -0.465 e. The van der Waals surface area contributed by atoms with E-state index in [1.165, 1.54) is 19.2 Å². The van der Waals surface area contributed by atoms with E-state index < -0.39 is 11.8 Å². The second-order valence-electron chi connectivity index (χ2n) is 5.57. The van der Waals surface area contributed by atoms with Crippen LogP contribution in [-0.2, 0) is 11.2 Å². The Hall–Kier alpha value is -2.40. The fourth-order valence-corrected chi connectivity index (χ4v) is 3.15. The smallest absolute Gasteiger partial charge is 0.340 e. The number of hydrogen-bond acceptors (Lipinski definition) is 3. The number of methoxy groups -OCH3 is 1. The van der Waals surface area contributed by atoms with Crippen LogP contribution in [0.1, 0.15) is 44.3 Å². The minimum atomic E-state index is -0.738. The molecule has 1 amide bonds. The number of fused-ring (bicyclic) bond motifs is 1. The molecular formula is C18H15ClFNO3. The van der Waals surface area contributed by atoms with E-state index in [-0.39, 0.29) is 17.5 Å². The van der Waals surface area contributed by atoms with Crippen molar-refractivity contribution in [1.29, 1.82) is 0 Å². The summed E-state index contributed by atoms with van der Waals surface area (Å²) in [5.41, 5.74) is 1.76. The summed E-state index contributed by atoms with van der Waals surface area (Å²) in [4.78, 5) is 24.1. The number of halogens is 2. The van der Waals surface area contributed by atoms with E-state index in [0.29, 0.717) is 23.4 Å². The molecule has 0 aliphatic heterocycles. The standard InChI is InChI=1S/C18H15ClFNO3/c1-24-18(23)13-9-12-10(8-15(13)20)6-7-16(12)21-17(22)11-4-2-3-5-14(11)19/h2-5,8-9,16H,6-7H2,1H3,(H,21,22). The van der Waals surface area contributed by atoms with Crippen molar-refractivity contribution >= 4 is 23.5 Å². The third kappa shape index (κ3) is 2.99. The predicted molar refractivity (Wildman–Crippen MR) is 87.7 cm³/mol. The van der Waals surface area contributed by atoms with Crippen molar-refractivity contribution < 1.29 is 18.7 Å². The summed E-state index contributed by atoms with van der Waals surface area (Å²) in [6.07, 6.45) is 1.26. The van der Waals surface area contributed by atoms with Crippen LogP contribution < -0.4 is 5.32 Å². The Kier molecular flexibility index (Phi) is 4.53. The van der Waals surface area contributed by atoms with Gasteiger partial charge in [0.1, 0.15) is 5.82 Å². The highest BCUT2D eigenvalue weighted by Crippen LogP contribution is 2.33. The first kappa shape index (κ1) is 16.5. The molecule has 0 aromatic heterocycles. The first-order valence-electron chi connectivity index (χ1n) is 7.47. The summed E-state index contributed by atoms with van der Waals surface area (Å²) >= 11 is 6.04. The molecule has 3 rings (SSSR count). The van der Waals surface area contributed by atoms with E-state index in [4.69, 9.17) is 11.6 Å². The highest BCUT2D eigenvalue weighted by molar-refractivity contribution is 6.33. The van der Waals surface area contributed by atoms with Crippen molar-refractivity contribution in [2.45, 2.75) is 18.9 Å². The van der Waals surface area contributed by atoms with E-state index in [1.807, 2.05) is 0 Å². The molecule has 124 valence electrons. The second kappa shape index (κ2) is 6.61. The lowest BCUT2D eigenvalue weighted by atomic mass is 10.0. The van der Waals surface area contributed by atoms with Gasteiger partial charge in [0.2, 0.25) is 0 Å². The van der Waals surface area contributed by atoms with E-state index in [0.717, 1.165) is 11.1 Å². The Bertz CT molecular complexity index is 822. The van der Waals surface area contributed by atoms with Crippen LogP contribution in [0.15, 0.2) is 36.4 Å². The van der Waals surface area contributed by atoms with Gasteiger partial charge in [0.15, 0.2) is 0 Å². The lowest BCUT2D eigenvalue weighted by Gasteiger charge is -2.15. The maximum atomic E-state index is 14.0. The van der Waals surface area contributed by atoms with Crippen LogP contribution in [0, 0.1) is 5.82 Å². The molecule has 1 aliphatic rings. The summed E-state index contributed by atoms with van der Waals surface area (Å²) in [6.45, 7) is 0. The lowest BCUT2D eigenvalue weighted by Crippen LogP contribution is -2.27. The molecule has 0 saturated carbocycles. The van der Waals surface area contributed by atoms with E-state index in [1.54, 1.807) is 24.3 Å². The van der Waals surface area contributed by atoms with Crippen LogP contribution in [0.25, 0.3) is 0 Å². The first-order valence-corrected chi connectivity index (χ1v) is 7.85. The summed E-state index contributed by atoms with van der Waals surface area (Å²) < 4.78 is 18.6. The van der Waals surface area contributed by atoms with Crippen LogP contribution in [-0.4, -0.2) is 19.0 Å². The number of ether oxygens (including phenoxy) is 1. The zero-order chi connectivity index (χ0) is 17.3. The Morgan fingerprint density at radius 2 is 2.00 bits per heavy atom. The van der Waals surface area contributed by atoms with Crippen LogP contribution >= 0.6 is 11.6 Å². The summed E-state index contributed by atoms with van der Waals surface area (Å²) in [5.74, 6) is -1.65. The number of nitrogens with one attached hydrogen (secondary N) is 1. The van der Waals surface area contributed by atoms with Crippen molar-refractivity contribution in [2.75, 3.05) is 7.11 Å². The quantitative estimate of drug-likeness (QED) is 0.862. The third-order valence-corrected chi connectivity index (χ3v) is 4.47. The van der Waals surface area contributed by atoms with Crippen LogP contribution in [0.3, 0.4) is 0 Å². The molecule has 0 saturated heterocycles. The number of carbonyl (C=O) groups is 2. The molecule has 1 atom stereocenters. The first-order chi connectivity index (χ1) is 11.5. The molecular weight excluding hydrogens is 333 g/mol. The zero-order valence-electron chi connectivity index (χ0n) is 12.9. The Labute approximate surface area is 143 Å². The van der Waals surface area contributed by atoms with Gasteiger partial charge < -0.3 is 10.1 Å². The summed E-state index contributed by atoms with van der Waals surface area (Å²) in [5, 5.41) is 3.26. The monoisotopic (exact) mass is 347 g/mol. The fourth-order valence-electron chi connectivity index (χ4n) is 2.93. The SMILES string of the molecule is COC(=O)c1cc2c(cc1F)CCC2NC(=O)c1ccccc1Cl. The van der Waals surface area contributed by atoms with Crippen LogP contribution in [0.2, 0.25) is 5.02 Å².